The molecule has 23 heavy (non-hydrogen) atoms. The van der Waals surface area contributed by atoms with Crippen molar-refractivity contribution in [2.24, 2.45) is 0 Å². The Morgan fingerprint density at radius 2 is 1.83 bits per heavy atom. The Balaban J connectivity index is 2.78. The number of aromatic nitrogens is 1. The Morgan fingerprint density at radius 1 is 1.26 bits per heavy atom. The molecule has 1 unspecified atom stereocenters. The summed E-state index contributed by atoms with van der Waals surface area (Å²) < 4.78 is 40.9. The number of carbonyl (C=O) groups is 3. The number of Topliss-reactive ketones (excluding diaryl/α,β-unsaturated/α-hetero) is 1. The highest BCUT2D eigenvalue weighted by Gasteiger charge is 2.30. The van der Waals surface area contributed by atoms with Crippen LogP contribution in [0.2, 0.25) is 0 Å². The van der Waals surface area contributed by atoms with Crippen molar-refractivity contribution in [1.29, 1.82) is 0 Å². The first-order chi connectivity index (χ1) is 10.4. The van der Waals surface area contributed by atoms with Gasteiger partial charge in [0.2, 0.25) is 0 Å². The Morgan fingerprint density at radius 3 is 2.26 bits per heavy atom. The smallest absolute Gasteiger partial charge is 0.405 e. The van der Waals surface area contributed by atoms with Crippen LogP contribution in [-0.4, -0.2) is 41.5 Å². The van der Waals surface area contributed by atoms with Gasteiger partial charge in [-0.15, -0.1) is 0 Å². The largest absolute Gasteiger partial charge is 0.448 e. The Bertz CT molecular complexity index is 635. The molecule has 1 atom stereocenters. The summed E-state index contributed by atoms with van der Waals surface area (Å²) in [5, 5.41) is 1.62. The third-order valence-electron chi connectivity index (χ3n) is 3.11. The van der Waals surface area contributed by atoms with E-state index < -0.39 is 30.7 Å². The van der Waals surface area contributed by atoms with Crippen LogP contribution in [0.1, 0.15) is 46.0 Å². The van der Waals surface area contributed by atoms with Crippen LogP contribution in [0.5, 0.6) is 0 Å². The zero-order valence-electron chi connectivity index (χ0n) is 13.1. The summed E-state index contributed by atoms with van der Waals surface area (Å²) in [6, 6.07) is 0. The quantitative estimate of drug-likeness (QED) is 0.637. The molecule has 0 fully saturated rings. The van der Waals surface area contributed by atoms with Gasteiger partial charge < -0.3 is 15.0 Å². The van der Waals surface area contributed by atoms with Crippen LogP contribution in [0.25, 0.3) is 0 Å². The molecule has 1 amide bonds. The minimum atomic E-state index is -4.55. The number of halogens is 3. The van der Waals surface area contributed by atoms with Gasteiger partial charge >= 0.3 is 12.1 Å². The summed E-state index contributed by atoms with van der Waals surface area (Å²) in [6.45, 7) is 4.11. The zero-order chi connectivity index (χ0) is 17.9. The highest BCUT2D eigenvalue weighted by atomic mass is 19.4. The molecule has 0 spiro atoms. The fourth-order valence-corrected chi connectivity index (χ4v) is 2.09. The summed E-state index contributed by atoms with van der Waals surface area (Å²) in [4.78, 5) is 37.6. The fourth-order valence-electron chi connectivity index (χ4n) is 2.09. The molecular weight excluding hydrogens is 317 g/mol. The standard InChI is InChI=1S/C14H17F3N2O4/c1-6-10(8(3)20)7(2)19-11(6)13(22)23-9(4)12(21)18-5-14(15,16)17/h9,19H,5H2,1-4H3,(H,18,21). The molecule has 0 bridgehead atoms. The predicted molar refractivity (Wildman–Crippen MR) is 74.2 cm³/mol. The van der Waals surface area contributed by atoms with Crippen LogP contribution >= 0.6 is 0 Å². The van der Waals surface area contributed by atoms with Crippen molar-refractivity contribution in [3.63, 3.8) is 0 Å². The molecule has 0 saturated heterocycles. The fraction of sp³-hybridized carbons (Fsp3) is 0.500. The van der Waals surface area contributed by atoms with Gasteiger partial charge in [0.15, 0.2) is 11.9 Å². The van der Waals surface area contributed by atoms with Crippen molar-refractivity contribution in [2.45, 2.75) is 40.0 Å². The normalized spacial score (nSPS) is 12.7. The molecule has 128 valence electrons. The minimum absolute atomic E-state index is 0.0110. The number of H-pyrrole nitrogens is 1. The Kier molecular flexibility index (Phi) is 5.57. The number of alkyl halides is 3. The lowest BCUT2D eigenvalue weighted by Crippen LogP contribution is -2.40. The Labute approximate surface area is 130 Å². The number of aryl methyl sites for hydroxylation is 1. The third kappa shape index (κ3) is 4.83. The second kappa shape index (κ2) is 6.84. The van der Waals surface area contributed by atoms with Gasteiger partial charge in [-0.1, -0.05) is 0 Å². The summed E-state index contributed by atoms with van der Waals surface area (Å²) in [6.07, 6.45) is -5.96. The molecule has 0 radical (unpaired) electrons. The first-order valence-electron chi connectivity index (χ1n) is 6.69. The molecule has 0 saturated carbocycles. The van der Waals surface area contributed by atoms with Gasteiger partial charge in [-0.05, 0) is 33.3 Å². The van der Waals surface area contributed by atoms with E-state index in [9.17, 15) is 27.6 Å². The second-order valence-corrected chi connectivity index (χ2v) is 5.06. The number of aromatic amines is 1. The van der Waals surface area contributed by atoms with Crippen LogP contribution in [-0.2, 0) is 9.53 Å². The summed E-state index contributed by atoms with van der Waals surface area (Å²) in [5.41, 5.74) is 1.16. The van der Waals surface area contributed by atoms with E-state index in [1.54, 1.807) is 12.2 Å². The van der Waals surface area contributed by atoms with E-state index in [0.717, 1.165) is 6.92 Å². The van der Waals surface area contributed by atoms with Crippen molar-refractivity contribution >= 4 is 17.7 Å². The number of esters is 1. The van der Waals surface area contributed by atoms with E-state index in [2.05, 4.69) is 4.98 Å². The highest BCUT2D eigenvalue weighted by molar-refractivity contribution is 6.01. The minimum Gasteiger partial charge on any atom is -0.448 e. The van der Waals surface area contributed by atoms with Crippen molar-refractivity contribution in [1.82, 2.24) is 10.3 Å². The van der Waals surface area contributed by atoms with Crippen LogP contribution in [0.4, 0.5) is 13.2 Å². The second-order valence-electron chi connectivity index (χ2n) is 5.06. The molecule has 1 rings (SSSR count). The van der Waals surface area contributed by atoms with E-state index in [-0.39, 0.29) is 11.5 Å². The molecule has 9 heteroatoms. The lowest BCUT2D eigenvalue weighted by Gasteiger charge is -2.14. The van der Waals surface area contributed by atoms with Gasteiger partial charge in [-0.25, -0.2) is 4.79 Å². The molecule has 1 aromatic heterocycles. The van der Waals surface area contributed by atoms with E-state index in [1.807, 2.05) is 0 Å². The summed E-state index contributed by atoms with van der Waals surface area (Å²) >= 11 is 0. The van der Waals surface area contributed by atoms with E-state index in [1.165, 1.54) is 13.8 Å². The molecule has 1 heterocycles. The van der Waals surface area contributed by atoms with E-state index >= 15 is 0 Å². The first-order valence-corrected chi connectivity index (χ1v) is 6.69. The van der Waals surface area contributed by atoms with Gasteiger partial charge in [-0.3, -0.25) is 9.59 Å². The van der Waals surface area contributed by atoms with Gasteiger partial charge in [0.25, 0.3) is 5.91 Å². The molecule has 6 nitrogen and oxygen atoms in total. The summed E-state index contributed by atoms with van der Waals surface area (Å²) in [5.74, 6) is -2.23. The van der Waals surface area contributed by atoms with Crippen molar-refractivity contribution in [3.05, 3.63) is 22.5 Å². The van der Waals surface area contributed by atoms with Crippen LogP contribution < -0.4 is 5.32 Å². The number of nitrogens with one attached hydrogen (secondary N) is 2. The number of hydrogen-bond donors (Lipinski definition) is 2. The molecule has 1 aromatic rings. The highest BCUT2D eigenvalue weighted by Crippen LogP contribution is 2.19. The summed E-state index contributed by atoms with van der Waals surface area (Å²) in [7, 11) is 0. The van der Waals surface area contributed by atoms with Crippen LogP contribution in [0, 0.1) is 13.8 Å². The molecule has 0 aliphatic heterocycles. The maximum absolute atomic E-state index is 12.0. The topological polar surface area (TPSA) is 88.3 Å². The molecule has 0 aliphatic carbocycles. The van der Waals surface area contributed by atoms with Crippen molar-refractivity contribution < 1.29 is 32.3 Å². The number of amides is 1. The monoisotopic (exact) mass is 334 g/mol. The number of ketones is 1. The number of carbonyl (C=O) groups excluding carboxylic acids is 3. The molecule has 0 aliphatic rings. The van der Waals surface area contributed by atoms with Crippen LogP contribution in [0.3, 0.4) is 0 Å². The van der Waals surface area contributed by atoms with Crippen LogP contribution in [0.15, 0.2) is 0 Å². The molecule has 2 N–H and O–H groups in total. The van der Waals surface area contributed by atoms with Gasteiger partial charge in [0, 0.05) is 11.3 Å². The third-order valence-corrected chi connectivity index (χ3v) is 3.11. The predicted octanol–water partition coefficient (Wildman–Crippen LogP) is 2.06. The van der Waals surface area contributed by atoms with Crippen molar-refractivity contribution in [3.8, 4) is 0 Å². The van der Waals surface area contributed by atoms with Gasteiger partial charge in [-0.2, -0.15) is 13.2 Å². The SMILES string of the molecule is CC(=O)c1c(C)[nH]c(C(=O)OC(C)C(=O)NCC(F)(F)F)c1C. The Hall–Kier alpha value is -2.32. The molecular formula is C14H17F3N2O4. The lowest BCUT2D eigenvalue weighted by molar-refractivity contribution is -0.143. The first kappa shape index (κ1) is 18.7. The number of rotatable bonds is 5. The maximum Gasteiger partial charge on any atom is 0.405 e. The average Bonchev–Trinajstić information content (AvgIpc) is 2.70. The van der Waals surface area contributed by atoms with E-state index in [4.69, 9.17) is 4.74 Å². The van der Waals surface area contributed by atoms with Gasteiger partial charge in [0.05, 0.1) is 0 Å². The maximum atomic E-state index is 12.0. The number of ether oxygens (including phenoxy) is 1. The van der Waals surface area contributed by atoms with Gasteiger partial charge in [0.1, 0.15) is 12.2 Å². The van der Waals surface area contributed by atoms with E-state index in [0.29, 0.717) is 16.8 Å². The van der Waals surface area contributed by atoms with Crippen molar-refractivity contribution in [2.75, 3.05) is 6.54 Å². The molecule has 0 aromatic carbocycles. The average molecular weight is 334 g/mol. The lowest BCUT2D eigenvalue weighted by atomic mass is 10.1. The zero-order valence-corrected chi connectivity index (χ0v) is 13.1. The number of hydrogen-bond acceptors (Lipinski definition) is 4.